The van der Waals surface area contributed by atoms with Gasteiger partial charge in [0.25, 0.3) is 0 Å². The molecule has 0 bridgehead atoms. The van der Waals surface area contributed by atoms with Gasteiger partial charge >= 0.3 is 6.01 Å². The summed E-state index contributed by atoms with van der Waals surface area (Å²) in [7, 11) is 0. The second-order valence-electron chi connectivity index (χ2n) is 4.34. The molecule has 1 rings (SSSR count). The van der Waals surface area contributed by atoms with Gasteiger partial charge in [-0.15, -0.1) is 0 Å². The average molecular weight is 307 g/mol. The zero-order chi connectivity index (χ0) is 14.3. The van der Waals surface area contributed by atoms with Crippen molar-refractivity contribution in [2.24, 2.45) is 0 Å². The predicted octanol–water partition coefficient (Wildman–Crippen LogP) is 1.84. The van der Waals surface area contributed by atoms with Crippen LogP contribution >= 0.6 is 23.4 Å². The molecule has 0 saturated carbocycles. The standard InChI is InChI=1S/C11H19ClN4O2S/c1-4-5-18-10-15-8(12)14-9(16-10)13-6-11(2,17)7-19-3/h17H,4-7H2,1-3H3,(H,13,14,15,16). The Morgan fingerprint density at radius 2 is 2.16 bits per heavy atom. The molecule has 1 atom stereocenters. The number of hydrogen-bond acceptors (Lipinski definition) is 7. The summed E-state index contributed by atoms with van der Waals surface area (Å²) >= 11 is 7.36. The smallest absolute Gasteiger partial charge is 0.322 e. The topological polar surface area (TPSA) is 80.2 Å². The van der Waals surface area contributed by atoms with Gasteiger partial charge in [0.15, 0.2) is 0 Å². The molecule has 0 aromatic carbocycles. The fourth-order valence-corrected chi connectivity index (χ4v) is 2.18. The molecule has 1 heterocycles. The number of aliphatic hydroxyl groups is 1. The first kappa shape index (κ1) is 16.3. The predicted molar refractivity (Wildman–Crippen MR) is 78.1 cm³/mol. The van der Waals surface area contributed by atoms with Gasteiger partial charge in [-0.3, -0.25) is 0 Å². The average Bonchev–Trinajstić information content (AvgIpc) is 2.33. The largest absolute Gasteiger partial charge is 0.463 e. The molecule has 0 aliphatic heterocycles. The minimum absolute atomic E-state index is 0.0631. The second kappa shape index (κ2) is 7.72. The molecule has 6 nitrogen and oxygen atoms in total. The molecule has 2 N–H and O–H groups in total. The first-order chi connectivity index (χ1) is 8.96. The van der Waals surface area contributed by atoms with E-state index in [1.165, 1.54) is 0 Å². The van der Waals surface area contributed by atoms with Gasteiger partial charge in [-0.25, -0.2) is 0 Å². The van der Waals surface area contributed by atoms with Gasteiger partial charge in [0.1, 0.15) is 0 Å². The Kier molecular flexibility index (Phi) is 6.60. The van der Waals surface area contributed by atoms with E-state index in [2.05, 4.69) is 20.3 Å². The summed E-state index contributed by atoms with van der Waals surface area (Å²) in [6.45, 7) is 4.57. The van der Waals surface area contributed by atoms with E-state index < -0.39 is 5.60 Å². The van der Waals surface area contributed by atoms with E-state index in [1.54, 1.807) is 18.7 Å². The Morgan fingerprint density at radius 1 is 1.42 bits per heavy atom. The van der Waals surface area contributed by atoms with E-state index in [4.69, 9.17) is 16.3 Å². The van der Waals surface area contributed by atoms with Crippen LogP contribution in [0.1, 0.15) is 20.3 Å². The van der Waals surface area contributed by atoms with Gasteiger partial charge in [0.05, 0.1) is 12.2 Å². The highest BCUT2D eigenvalue weighted by atomic mass is 35.5. The highest BCUT2D eigenvalue weighted by molar-refractivity contribution is 7.98. The fraction of sp³-hybridized carbons (Fsp3) is 0.727. The number of nitrogens with one attached hydrogen (secondary N) is 1. The number of aromatic nitrogens is 3. The molecule has 1 aromatic rings. The van der Waals surface area contributed by atoms with Crippen molar-refractivity contribution in [2.75, 3.05) is 30.5 Å². The zero-order valence-electron chi connectivity index (χ0n) is 11.3. The number of nitrogens with zero attached hydrogens (tertiary/aromatic N) is 3. The van der Waals surface area contributed by atoms with Gasteiger partial charge in [-0.2, -0.15) is 26.7 Å². The third kappa shape index (κ3) is 6.26. The fourth-order valence-electron chi connectivity index (χ4n) is 1.30. The highest BCUT2D eigenvalue weighted by Crippen LogP contribution is 2.14. The minimum Gasteiger partial charge on any atom is -0.463 e. The number of ether oxygens (including phenoxy) is 1. The van der Waals surface area contributed by atoms with Crippen molar-refractivity contribution >= 4 is 29.3 Å². The Bertz CT molecular complexity index is 406. The maximum Gasteiger partial charge on any atom is 0.322 e. The highest BCUT2D eigenvalue weighted by Gasteiger charge is 2.20. The Hall–Kier alpha value is -0.790. The Balaban J connectivity index is 2.65. The third-order valence-corrected chi connectivity index (χ3v) is 3.19. The lowest BCUT2D eigenvalue weighted by Crippen LogP contribution is -2.36. The Labute approximate surface area is 122 Å². The van der Waals surface area contributed by atoms with Crippen LogP contribution in [0.2, 0.25) is 5.28 Å². The summed E-state index contributed by atoms with van der Waals surface area (Å²) in [5.74, 6) is 0.908. The number of thioether (sulfide) groups is 1. The van der Waals surface area contributed by atoms with Gasteiger partial charge in [-0.1, -0.05) is 6.92 Å². The van der Waals surface area contributed by atoms with E-state index in [1.807, 2.05) is 13.2 Å². The van der Waals surface area contributed by atoms with Crippen LogP contribution in [0, 0.1) is 0 Å². The van der Waals surface area contributed by atoms with Crippen LogP contribution in [-0.2, 0) is 0 Å². The summed E-state index contributed by atoms with van der Waals surface area (Å²) in [5.41, 5.74) is -0.844. The summed E-state index contributed by atoms with van der Waals surface area (Å²) in [5, 5.41) is 13.0. The molecule has 0 fully saturated rings. The summed E-state index contributed by atoms with van der Waals surface area (Å²) < 4.78 is 5.30. The van der Waals surface area contributed by atoms with Crippen LogP contribution in [0.5, 0.6) is 6.01 Å². The molecule has 1 aromatic heterocycles. The van der Waals surface area contributed by atoms with Gasteiger partial charge in [0, 0.05) is 12.3 Å². The zero-order valence-corrected chi connectivity index (χ0v) is 12.9. The maximum atomic E-state index is 10.0. The molecule has 0 amide bonds. The molecule has 1 unspecified atom stereocenters. The molecule has 8 heteroatoms. The van der Waals surface area contributed by atoms with Crippen molar-refractivity contribution in [1.29, 1.82) is 0 Å². The van der Waals surface area contributed by atoms with Crippen molar-refractivity contribution in [3.05, 3.63) is 5.28 Å². The van der Waals surface area contributed by atoms with E-state index in [9.17, 15) is 5.11 Å². The number of rotatable bonds is 8. The molecular formula is C11H19ClN4O2S. The van der Waals surface area contributed by atoms with Crippen LogP contribution in [0.4, 0.5) is 5.95 Å². The molecule has 0 aliphatic rings. The lowest BCUT2D eigenvalue weighted by molar-refractivity contribution is 0.0995. The van der Waals surface area contributed by atoms with Crippen LogP contribution in [0.25, 0.3) is 0 Å². The first-order valence-corrected chi connectivity index (χ1v) is 7.73. The van der Waals surface area contributed by atoms with Crippen molar-refractivity contribution in [1.82, 2.24) is 15.0 Å². The molecule has 0 spiro atoms. The van der Waals surface area contributed by atoms with Crippen LogP contribution in [0.3, 0.4) is 0 Å². The quantitative estimate of drug-likeness (QED) is 0.758. The first-order valence-electron chi connectivity index (χ1n) is 5.96. The molecule has 0 saturated heterocycles. The molecule has 0 aliphatic carbocycles. The molecule has 0 radical (unpaired) electrons. The molecule has 19 heavy (non-hydrogen) atoms. The van der Waals surface area contributed by atoms with Gasteiger partial charge < -0.3 is 15.2 Å². The van der Waals surface area contributed by atoms with Crippen LogP contribution < -0.4 is 10.1 Å². The minimum atomic E-state index is -0.844. The van der Waals surface area contributed by atoms with Crippen molar-refractivity contribution in [3.63, 3.8) is 0 Å². The van der Waals surface area contributed by atoms with Gasteiger partial charge in [-0.05, 0) is 31.2 Å². The van der Waals surface area contributed by atoms with Crippen LogP contribution in [0.15, 0.2) is 0 Å². The normalized spacial score (nSPS) is 13.9. The lowest BCUT2D eigenvalue weighted by atomic mass is 10.1. The van der Waals surface area contributed by atoms with Crippen molar-refractivity contribution < 1.29 is 9.84 Å². The van der Waals surface area contributed by atoms with Crippen molar-refractivity contribution in [2.45, 2.75) is 25.9 Å². The summed E-state index contributed by atoms with van der Waals surface area (Å²) in [4.78, 5) is 11.9. The van der Waals surface area contributed by atoms with Crippen molar-refractivity contribution in [3.8, 4) is 6.01 Å². The van der Waals surface area contributed by atoms with E-state index in [0.717, 1.165) is 6.42 Å². The Morgan fingerprint density at radius 3 is 2.79 bits per heavy atom. The van der Waals surface area contributed by atoms with Crippen LogP contribution in [-0.4, -0.2) is 50.8 Å². The monoisotopic (exact) mass is 306 g/mol. The van der Waals surface area contributed by atoms with E-state index in [0.29, 0.717) is 24.9 Å². The molecule has 108 valence electrons. The third-order valence-electron chi connectivity index (χ3n) is 2.11. The number of anilines is 1. The van der Waals surface area contributed by atoms with E-state index >= 15 is 0 Å². The van der Waals surface area contributed by atoms with E-state index in [-0.39, 0.29) is 11.3 Å². The lowest BCUT2D eigenvalue weighted by Gasteiger charge is -2.22. The number of halogens is 1. The maximum absolute atomic E-state index is 10.0. The number of hydrogen-bond donors (Lipinski definition) is 2. The SMILES string of the molecule is CCCOc1nc(Cl)nc(NCC(C)(O)CSC)n1. The molecular weight excluding hydrogens is 288 g/mol. The summed E-state index contributed by atoms with van der Waals surface area (Å²) in [6, 6.07) is 0.189. The second-order valence-corrected chi connectivity index (χ2v) is 5.55. The van der Waals surface area contributed by atoms with Gasteiger partial charge in [0.2, 0.25) is 11.2 Å². The summed E-state index contributed by atoms with van der Waals surface area (Å²) in [6.07, 6.45) is 2.79.